The third-order valence-corrected chi connectivity index (χ3v) is 4.51. The number of aryl methyl sites for hydroxylation is 2. The standard InChI is InChI=1S/C18H24N6O/c1-13-22-15(5-6-18(25)19-2)10-16(23-13)14-4-3-9-24(12-14)17-11-20-7-8-21-17/h7-8,10-11,14H,3-6,9,12H2,1-2H3,(H,19,25). The van der Waals surface area contributed by atoms with Crippen LogP contribution in [0.5, 0.6) is 0 Å². The van der Waals surface area contributed by atoms with Gasteiger partial charge in [0.25, 0.3) is 0 Å². The molecule has 2 aromatic heterocycles. The molecule has 0 radical (unpaired) electrons. The van der Waals surface area contributed by atoms with Crippen molar-refractivity contribution in [1.82, 2.24) is 25.3 Å². The first-order chi connectivity index (χ1) is 12.2. The minimum Gasteiger partial charge on any atom is -0.359 e. The molecule has 1 atom stereocenters. The van der Waals surface area contributed by atoms with Gasteiger partial charge in [-0.15, -0.1) is 0 Å². The zero-order valence-electron chi connectivity index (χ0n) is 14.8. The molecule has 0 aliphatic carbocycles. The molecule has 1 fully saturated rings. The topological polar surface area (TPSA) is 83.9 Å². The molecule has 3 rings (SSSR count). The number of piperidine rings is 1. The molecule has 1 N–H and O–H groups in total. The van der Waals surface area contributed by atoms with Crippen LogP contribution in [0.15, 0.2) is 24.7 Å². The quantitative estimate of drug-likeness (QED) is 0.891. The first-order valence-electron chi connectivity index (χ1n) is 8.71. The summed E-state index contributed by atoms with van der Waals surface area (Å²) in [4.78, 5) is 31.5. The maximum Gasteiger partial charge on any atom is 0.220 e. The lowest BCUT2D eigenvalue weighted by atomic mass is 9.93. The van der Waals surface area contributed by atoms with E-state index in [2.05, 4.69) is 36.2 Å². The predicted molar refractivity (Wildman–Crippen MR) is 95.4 cm³/mol. The molecule has 2 aromatic rings. The van der Waals surface area contributed by atoms with E-state index in [1.807, 2.05) is 13.1 Å². The molecule has 1 aliphatic rings. The molecule has 132 valence electrons. The molecule has 25 heavy (non-hydrogen) atoms. The number of amides is 1. The molecule has 7 nitrogen and oxygen atoms in total. The Morgan fingerprint density at radius 3 is 3.00 bits per heavy atom. The van der Waals surface area contributed by atoms with Gasteiger partial charge in [-0.3, -0.25) is 9.78 Å². The lowest BCUT2D eigenvalue weighted by Gasteiger charge is -2.33. The number of hydrogen-bond donors (Lipinski definition) is 1. The first kappa shape index (κ1) is 17.3. The third kappa shape index (κ3) is 4.49. The summed E-state index contributed by atoms with van der Waals surface area (Å²) < 4.78 is 0. The highest BCUT2D eigenvalue weighted by Crippen LogP contribution is 2.28. The molecule has 1 unspecified atom stereocenters. The Morgan fingerprint density at radius 2 is 2.24 bits per heavy atom. The maximum absolute atomic E-state index is 11.5. The van der Waals surface area contributed by atoms with E-state index in [-0.39, 0.29) is 5.91 Å². The van der Waals surface area contributed by atoms with E-state index in [1.54, 1.807) is 19.4 Å². The van der Waals surface area contributed by atoms with Gasteiger partial charge in [-0.1, -0.05) is 0 Å². The molecule has 7 heteroatoms. The van der Waals surface area contributed by atoms with Crippen LogP contribution < -0.4 is 10.2 Å². The summed E-state index contributed by atoms with van der Waals surface area (Å²) in [5, 5.41) is 2.65. The lowest BCUT2D eigenvalue weighted by molar-refractivity contribution is -0.120. The smallest absolute Gasteiger partial charge is 0.220 e. The highest BCUT2D eigenvalue weighted by Gasteiger charge is 2.24. The van der Waals surface area contributed by atoms with Gasteiger partial charge in [0.15, 0.2) is 0 Å². The van der Waals surface area contributed by atoms with Crippen molar-refractivity contribution < 1.29 is 4.79 Å². The number of aromatic nitrogens is 4. The summed E-state index contributed by atoms with van der Waals surface area (Å²) in [6.45, 7) is 3.78. The predicted octanol–water partition coefficient (Wildman–Crippen LogP) is 1.64. The largest absolute Gasteiger partial charge is 0.359 e. The van der Waals surface area contributed by atoms with Gasteiger partial charge in [0.05, 0.1) is 6.20 Å². The maximum atomic E-state index is 11.5. The van der Waals surface area contributed by atoms with E-state index in [9.17, 15) is 4.79 Å². The van der Waals surface area contributed by atoms with E-state index < -0.39 is 0 Å². The SMILES string of the molecule is CNC(=O)CCc1cc(C2CCCN(c3cnccn3)C2)nc(C)n1. The number of carbonyl (C=O) groups is 1. The third-order valence-electron chi connectivity index (χ3n) is 4.51. The summed E-state index contributed by atoms with van der Waals surface area (Å²) in [5.74, 6) is 2.05. The molecule has 1 amide bonds. The fraction of sp³-hybridized carbons (Fsp3) is 0.500. The molecular formula is C18H24N6O. The Kier molecular flexibility index (Phi) is 5.53. The van der Waals surface area contributed by atoms with Crippen molar-refractivity contribution in [3.05, 3.63) is 41.9 Å². The van der Waals surface area contributed by atoms with Gasteiger partial charge in [-0.2, -0.15) is 0 Å². The fourth-order valence-electron chi connectivity index (χ4n) is 3.24. The van der Waals surface area contributed by atoms with Crippen molar-refractivity contribution in [2.75, 3.05) is 25.0 Å². The zero-order chi connectivity index (χ0) is 17.6. The van der Waals surface area contributed by atoms with Crippen LogP contribution in [0.1, 0.15) is 42.4 Å². The number of nitrogens with one attached hydrogen (secondary N) is 1. The second-order valence-electron chi connectivity index (χ2n) is 6.35. The van der Waals surface area contributed by atoms with Crippen molar-refractivity contribution in [2.45, 2.75) is 38.5 Å². The van der Waals surface area contributed by atoms with E-state index in [0.717, 1.165) is 49.0 Å². The monoisotopic (exact) mass is 340 g/mol. The summed E-state index contributed by atoms with van der Waals surface area (Å²) in [5.41, 5.74) is 2.00. The second kappa shape index (κ2) is 8.00. The lowest BCUT2D eigenvalue weighted by Crippen LogP contribution is -2.35. The molecular weight excluding hydrogens is 316 g/mol. The zero-order valence-corrected chi connectivity index (χ0v) is 14.8. The molecule has 0 bridgehead atoms. The van der Waals surface area contributed by atoms with Crippen LogP contribution in [0.3, 0.4) is 0 Å². The number of carbonyl (C=O) groups excluding carboxylic acids is 1. The number of nitrogens with zero attached hydrogens (tertiary/aromatic N) is 5. The van der Waals surface area contributed by atoms with Crippen LogP contribution in [0.4, 0.5) is 5.82 Å². The Hall–Kier alpha value is -2.57. The number of hydrogen-bond acceptors (Lipinski definition) is 6. The first-order valence-corrected chi connectivity index (χ1v) is 8.71. The van der Waals surface area contributed by atoms with E-state index in [1.165, 1.54) is 0 Å². The van der Waals surface area contributed by atoms with E-state index >= 15 is 0 Å². The Labute approximate surface area is 147 Å². The van der Waals surface area contributed by atoms with Crippen LogP contribution in [0, 0.1) is 6.92 Å². The van der Waals surface area contributed by atoms with E-state index in [4.69, 9.17) is 0 Å². The van der Waals surface area contributed by atoms with Gasteiger partial charge < -0.3 is 10.2 Å². The Morgan fingerprint density at radius 1 is 1.36 bits per heavy atom. The van der Waals surface area contributed by atoms with Crippen molar-refractivity contribution >= 4 is 11.7 Å². The van der Waals surface area contributed by atoms with Gasteiger partial charge in [0.2, 0.25) is 5.91 Å². The summed E-state index contributed by atoms with van der Waals surface area (Å²) >= 11 is 0. The van der Waals surface area contributed by atoms with Gasteiger partial charge in [0, 0.05) is 56.3 Å². The molecule has 1 aliphatic heterocycles. The van der Waals surface area contributed by atoms with Crippen LogP contribution in [-0.4, -0.2) is 46.0 Å². The van der Waals surface area contributed by atoms with Crippen LogP contribution in [0.25, 0.3) is 0 Å². The molecule has 0 aromatic carbocycles. The van der Waals surface area contributed by atoms with Crippen LogP contribution >= 0.6 is 0 Å². The van der Waals surface area contributed by atoms with E-state index in [0.29, 0.717) is 18.8 Å². The average molecular weight is 340 g/mol. The number of rotatable bonds is 5. The van der Waals surface area contributed by atoms with Crippen LogP contribution in [0.2, 0.25) is 0 Å². The average Bonchev–Trinajstić information content (AvgIpc) is 2.66. The van der Waals surface area contributed by atoms with Gasteiger partial charge in [-0.05, 0) is 32.3 Å². The highest BCUT2D eigenvalue weighted by molar-refractivity contribution is 5.75. The number of anilines is 1. The molecule has 0 saturated carbocycles. The Bertz CT molecular complexity index is 721. The minimum atomic E-state index is 0.0318. The molecule has 1 saturated heterocycles. The summed E-state index contributed by atoms with van der Waals surface area (Å²) in [6, 6.07) is 2.06. The van der Waals surface area contributed by atoms with Gasteiger partial charge in [0.1, 0.15) is 11.6 Å². The van der Waals surface area contributed by atoms with Crippen molar-refractivity contribution in [3.63, 3.8) is 0 Å². The van der Waals surface area contributed by atoms with Crippen molar-refractivity contribution in [2.24, 2.45) is 0 Å². The normalized spacial score (nSPS) is 17.4. The molecule has 0 spiro atoms. The minimum absolute atomic E-state index is 0.0318. The fourth-order valence-corrected chi connectivity index (χ4v) is 3.24. The molecule has 3 heterocycles. The summed E-state index contributed by atoms with van der Waals surface area (Å²) in [6.07, 6.45) is 8.50. The Balaban J connectivity index is 1.74. The van der Waals surface area contributed by atoms with Gasteiger partial charge >= 0.3 is 0 Å². The van der Waals surface area contributed by atoms with Crippen molar-refractivity contribution in [1.29, 1.82) is 0 Å². The van der Waals surface area contributed by atoms with Crippen molar-refractivity contribution in [3.8, 4) is 0 Å². The highest BCUT2D eigenvalue weighted by atomic mass is 16.1. The van der Waals surface area contributed by atoms with Gasteiger partial charge in [-0.25, -0.2) is 15.0 Å². The summed E-state index contributed by atoms with van der Waals surface area (Å²) in [7, 11) is 1.65. The van der Waals surface area contributed by atoms with Crippen LogP contribution in [-0.2, 0) is 11.2 Å². The second-order valence-corrected chi connectivity index (χ2v) is 6.35.